The summed E-state index contributed by atoms with van der Waals surface area (Å²) in [6, 6.07) is 8.78. The Kier molecular flexibility index (Phi) is 6.20. The molecule has 0 radical (unpaired) electrons. The summed E-state index contributed by atoms with van der Waals surface area (Å²) >= 11 is 0. The molecule has 0 fully saturated rings. The van der Waals surface area contributed by atoms with Gasteiger partial charge >= 0.3 is 12.1 Å². The lowest BCUT2D eigenvalue weighted by Gasteiger charge is -2.21. The molecule has 2 atom stereocenters. The van der Waals surface area contributed by atoms with Gasteiger partial charge in [0.25, 0.3) is 0 Å². The summed E-state index contributed by atoms with van der Waals surface area (Å²) in [6.07, 6.45) is -0.837. The summed E-state index contributed by atoms with van der Waals surface area (Å²) in [7, 11) is 0. The monoisotopic (exact) mass is 470 g/mol. The summed E-state index contributed by atoms with van der Waals surface area (Å²) in [6.45, 7) is 3.50. The third-order valence-electron chi connectivity index (χ3n) is 6.10. The fourth-order valence-electron chi connectivity index (χ4n) is 4.25. The molecule has 0 amide bonds. The Morgan fingerprint density at radius 1 is 1.21 bits per heavy atom. The summed E-state index contributed by atoms with van der Waals surface area (Å²) < 4.78 is 39.8. The number of carboxylic acids is 1. The van der Waals surface area contributed by atoms with Crippen molar-refractivity contribution in [1.82, 2.24) is 9.97 Å². The van der Waals surface area contributed by atoms with Crippen LogP contribution in [0, 0.1) is 12.8 Å². The van der Waals surface area contributed by atoms with E-state index in [1.54, 1.807) is 13.8 Å². The molecule has 1 unspecified atom stereocenters. The highest BCUT2D eigenvalue weighted by Crippen LogP contribution is 2.35. The van der Waals surface area contributed by atoms with Crippen molar-refractivity contribution >= 4 is 34.0 Å². The fraction of sp³-hybridized carbons (Fsp3) is 0.320. The molecule has 0 saturated carbocycles. The summed E-state index contributed by atoms with van der Waals surface area (Å²) in [4.78, 5) is 20.2. The fourth-order valence-corrected chi connectivity index (χ4v) is 4.25. The van der Waals surface area contributed by atoms with E-state index in [2.05, 4.69) is 15.3 Å². The molecule has 0 spiro atoms. The van der Waals surface area contributed by atoms with Gasteiger partial charge in [-0.05, 0) is 80.1 Å². The van der Waals surface area contributed by atoms with Crippen LogP contribution >= 0.6 is 0 Å². The lowest BCUT2D eigenvalue weighted by Crippen LogP contribution is -2.15. The van der Waals surface area contributed by atoms with Crippen molar-refractivity contribution in [2.45, 2.75) is 45.3 Å². The molecule has 6 nitrogen and oxygen atoms in total. The third kappa shape index (κ3) is 4.98. The molecule has 2 aromatic carbocycles. The van der Waals surface area contributed by atoms with Crippen molar-refractivity contribution < 1.29 is 23.1 Å². The minimum absolute atomic E-state index is 0.0355. The number of benzene rings is 2. The first-order valence-corrected chi connectivity index (χ1v) is 11.0. The maximum Gasteiger partial charge on any atom is 0.416 e. The van der Waals surface area contributed by atoms with Crippen LogP contribution < -0.4 is 11.1 Å². The molecule has 1 aliphatic carbocycles. The highest BCUT2D eigenvalue weighted by atomic mass is 19.4. The Morgan fingerprint density at radius 3 is 2.62 bits per heavy atom. The van der Waals surface area contributed by atoms with E-state index >= 15 is 0 Å². The SMILES string of the molecule is Cc1nc(N[C@H](C)c2cc(N)cc(C(F)(F)F)c2)c2cc(C3=CCC(C(=O)O)CC3)ccc2n1. The molecule has 1 heterocycles. The van der Waals surface area contributed by atoms with Crippen molar-refractivity contribution in [3.8, 4) is 0 Å². The Bertz CT molecular complexity index is 1290. The molecule has 9 heteroatoms. The zero-order valence-corrected chi connectivity index (χ0v) is 18.8. The van der Waals surface area contributed by atoms with Crippen LogP contribution in [0.25, 0.3) is 16.5 Å². The van der Waals surface area contributed by atoms with E-state index in [9.17, 15) is 23.1 Å². The Balaban J connectivity index is 1.68. The number of hydrogen-bond donors (Lipinski definition) is 3. The number of nitrogens with one attached hydrogen (secondary N) is 1. The lowest BCUT2D eigenvalue weighted by molar-refractivity contribution is -0.142. The maximum atomic E-state index is 13.3. The number of aryl methyl sites for hydroxylation is 1. The predicted molar refractivity (Wildman–Crippen MR) is 125 cm³/mol. The smallest absolute Gasteiger partial charge is 0.416 e. The number of fused-ring (bicyclic) bond motifs is 1. The van der Waals surface area contributed by atoms with E-state index in [0.717, 1.165) is 28.7 Å². The maximum absolute atomic E-state index is 13.3. The molecule has 0 aliphatic heterocycles. The van der Waals surface area contributed by atoms with Crippen LogP contribution in [0.15, 0.2) is 42.5 Å². The van der Waals surface area contributed by atoms with Crippen LogP contribution in [-0.4, -0.2) is 21.0 Å². The molecule has 1 aliphatic rings. The van der Waals surface area contributed by atoms with Crippen molar-refractivity contribution in [2.75, 3.05) is 11.1 Å². The van der Waals surface area contributed by atoms with Gasteiger partial charge in [-0.1, -0.05) is 12.1 Å². The molecular formula is C25H25F3N4O2. The van der Waals surface area contributed by atoms with Crippen LogP contribution in [0.4, 0.5) is 24.7 Å². The zero-order valence-electron chi connectivity index (χ0n) is 18.8. The number of carboxylic acid groups (broad SMARTS) is 1. The second-order valence-corrected chi connectivity index (χ2v) is 8.64. The number of rotatable bonds is 5. The van der Waals surface area contributed by atoms with Gasteiger partial charge in [0.2, 0.25) is 0 Å². The van der Waals surface area contributed by atoms with Gasteiger partial charge in [-0.15, -0.1) is 0 Å². The number of aromatic nitrogens is 2. The predicted octanol–water partition coefficient (Wildman–Crippen LogP) is 5.98. The number of aliphatic carboxylic acids is 1. The number of carbonyl (C=O) groups is 1. The average Bonchev–Trinajstić information content (AvgIpc) is 2.77. The summed E-state index contributed by atoms with van der Waals surface area (Å²) in [5.74, 6) is -0.117. The van der Waals surface area contributed by atoms with Crippen molar-refractivity contribution in [3.05, 3.63) is 65.0 Å². The van der Waals surface area contributed by atoms with Crippen LogP contribution in [0.3, 0.4) is 0 Å². The topological polar surface area (TPSA) is 101 Å². The zero-order chi connectivity index (χ0) is 24.6. The number of anilines is 2. The summed E-state index contributed by atoms with van der Waals surface area (Å²) in [5, 5.41) is 13.2. The number of nitrogens with two attached hydrogens (primary N) is 1. The molecule has 34 heavy (non-hydrogen) atoms. The van der Waals surface area contributed by atoms with Gasteiger partial charge < -0.3 is 16.2 Å². The first kappa shape index (κ1) is 23.5. The van der Waals surface area contributed by atoms with Gasteiger partial charge in [-0.25, -0.2) is 9.97 Å². The van der Waals surface area contributed by atoms with Crippen LogP contribution in [-0.2, 0) is 11.0 Å². The van der Waals surface area contributed by atoms with Gasteiger partial charge in [0.15, 0.2) is 0 Å². The van der Waals surface area contributed by atoms with Crippen molar-refractivity contribution in [3.63, 3.8) is 0 Å². The number of allylic oxidation sites excluding steroid dienone is 2. The second-order valence-electron chi connectivity index (χ2n) is 8.64. The molecular weight excluding hydrogens is 445 g/mol. The van der Waals surface area contributed by atoms with E-state index in [-0.39, 0.29) is 11.6 Å². The number of alkyl halides is 3. The van der Waals surface area contributed by atoms with E-state index in [1.807, 2.05) is 24.3 Å². The number of halogens is 3. The van der Waals surface area contributed by atoms with Gasteiger partial charge in [0, 0.05) is 11.1 Å². The lowest BCUT2D eigenvalue weighted by atomic mass is 9.86. The highest BCUT2D eigenvalue weighted by Gasteiger charge is 2.31. The van der Waals surface area contributed by atoms with Crippen molar-refractivity contribution in [2.24, 2.45) is 5.92 Å². The molecule has 3 aromatic rings. The van der Waals surface area contributed by atoms with Crippen molar-refractivity contribution in [1.29, 1.82) is 0 Å². The first-order valence-electron chi connectivity index (χ1n) is 11.0. The Hall–Kier alpha value is -3.62. The number of nitrogen functional groups attached to an aromatic ring is 1. The molecule has 0 saturated heterocycles. The van der Waals surface area contributed by atoms with Crippen LogP contribution in [0.5, 0.6) is 0 Å². The van der Waals surface area contributed by atoms with Crippen LogP contribution in [0.1, 0.15) is 54.7 Å². The minimum atomic E-state index is -4.50. The third-order valence-corrected chi connectivity index (χ3v) is 6.10. The van der Waals surface area contributed by atoms with Gasteiger partial charge in [-0.3, -0.25) is 4.79 Å². The molecule has 4 rings (SSSR count). The second kappa shape index (κ2) is 8.96. The van der Waals surface area contributed by atoms with Crippen LogP contribution in [0.2, 0.25) is 0 Å². The Labute approximate surface area is 194 Å². The minimum Gasteiger partial charge on any atom is -0.481 e. The van der Waals surface area contributed by atoms with E-state index < -0.39 is 23.8 Å². The summed E-state index contributed by atoms with van der Waals surface area (Å²) in [5.41, 5.74) is 8.07. The molecule has 4 N–H and O–H groups in total. The van der Waals surface area contributed by atoms with E-state index in [0.29, 0.717) is 42.0 Å². The molecule has 178 valence electrons. The first-order chi connectivity index (χ1) is 16.0. The highest BCUT2D eigenvalue weighted by molar-refractivity contribution is 5.92. The van der Waals surface area contributed by atoms with Gasteiger partial charge in [0.05, 0.1) is 23.0 Å². The number of nitrogens with zero attached hydrogens (tertiary/aromatic N) is 2. The van der Waals surface area contributed by atoms with E-state index in [1.165, 1.54) is 6.07 Å². The Morgan fingerprint density at radius 2 is 1.97 bits per heavy atom. The normalized spacial score (nSPS) is 17.3. The molecule has 1 aromatic heterocycles. The van der Waals surface area contributed by atoms with Gasteiger partial charge in [-0.2, -0.15) is 13.2 Å². The van der Waals surface area contributed by atoms with Gasteiger partial charge in [0.1, 0.15) is 11.6 Å². The quantitative estimate of drug-likeness (QED) is 0.397. The van der Waals surface area contributed by atoms with E-state index in [4.69, 9.17) is 5.73 Å². The standard InChI is InChI=1S/C25H25F3N4O2/c1-13(18-9-19(25(26,27)28)12-20(29)10-18)30-23-21-11-17(7-8-22(21)31-14(2)32-23)15-3-5-16(6-4-15)24(33)34/h3,7-13,16H,4-6,29H2,1-2H3,(H,33,34)(H,30,31,32)/t13-,16?/m1/s1. The molecule has 0 bridgehead atoms. The largest absolute Gasteiger partial charge is 0.481 e. The average molecular weight is 470 g/mol. The number of hydrogen-bond acceptors (Lipinski definition) is 5.